The Morgan fingerprint density at radius 3 is 2.27 bits per heavy atom. The molecule has 1 amide bonds. The zero-order valence-electron chi connectivity index (χ0n) is 13.8. The number of carbonyl (C=O) groups excluding carboxylic acids is 1. The average molecular weight is 309 g/mol. The molecule has 0 N–H and O–H groups in total. The average Bonchev–Trinajstić information content (AvgIpc) is 2.65. The molecule has 0 radical (unpaired) electrons. The third kappa shape index (κ3) is 2.76. The highest BCUT2D eigenvalue weighted by molar-refractivity contribution is 6.62. The molecular formula is C15H21BFNO4. The summed E-state index contributed by atoms with van der Waals surface area (Å²) in [7, 11) is 1.91. The van der Waals surface area contributed by atoms with Crippen LogP contribution in [0, 0.1) is 5.82 Å². The maximum absolute atomic E-state index is 14.7. The molecule has 0 atom stereocenters. The lowest BCUT2D eigenvalue weighted by molar-refractivity contribution is -0.0759. The molecule has 1 heterocycles. The fourth-order valence-corrected chi connectivity index (χ4v) is 2.12. The van der Waals surface area contributed by atoms with Gasteiger partial charge < -0.3 is 9.31 Å². The van der Waals surface area contributed by atoms with Gasteiger partial charge in [0, 0.05) is 12.5 Å². The minimum atomic E-state index is -0.856. The van der Waals surface area contributed by atoms with Crippen LogP contribution in [0.4, 0.5) is 4.39 Å². The molecule has 1 aromatic carbocycles. The van der Waals surface area contributed by atoms with Crippen molar-refractivity contribution in [2.24, 2.45) is 0 Å². The van der Waals surface area contributed by atoms with Crippen LogP contribution in [-0.4, -0.2) is 43.4 Å². The van der Waals surface area contributed by atoms with E-state index < -0.39 is 30.0 Å². The quantitative estimate of drug-likeness (QED) is 0.630. The smallest absolute Gasteiger partial charge is 0.399 e. The van der Waals surface area contributed by atoms with Gasteiger partial charge in [-0.05, 0) is 33.8 Å². The van der Waals surface area contributed by atoms with E-state index in [-0.39, 0.29) is 11.0 Å². The third-order valence-corrected chi connectivity index (χ3v) is 4.33. The van der Waals surface area contributed by atoms with Crippen LogP contribution >= 0.6 is 0 Å². The second kappa shape index (κ2) is 5.64. The van der Waals surface area contributed by atoms with Gasteiger partial charge in [0.25, 0.3) is 5.91 Å². The highest BCUT2D eigenvalue weighted by Gasteiger charge is 2.52. The van der Waals surface area contributed by atoms with Crippen LogP contribution in [0.15, 0.2) is 18.2 Å². The minimum Gasteiger partial charge on any atom is -0.399 e. The first-order valence-corrected chi connectivity index (χ1v) is 7.07. The van der Waals surface area contributed by atoms with Gasteiger partial charge in [0.1, 0.15) is 5.82 Å². The maximum Gasteiger partial charge on any atom is 0.497 e. The van der Waals surface area contributed by atoms with Crippen LogP contribution < -0.4 is 5.46 Å². The molecule has 1 aliphatic rings. The molecule has 0 saturated carbocycles. The van der Waals surface area contributed by atoms with E-state index in [1.54, 1.807) is 12.1 Å². The fraction of sp³-hybridized carbons (Fsp3) is 0.533. The molecule has 2 rings (SSSR count). The Hall–Kier alpha value is -1.44. The fourth-order valence-electron chi connectivity index (χ4n) is 2.12. The van der Waals surface area contributed by atoms with Gasteiger partial charge in [-0.2, -0.15) is 0 Å². The van der Waals surface area contributed by atoms with Gasteiger partial charge in [-0.3, -0.25) is 9.63 Å². The molecule has 7 heteroatoms. The number of carbonyl (C=O) groups is 1. The summed E-state index contributed by atoms with van der Waals surface area (Å²) >= 11 is 0. The first kappa shape index (κ1) is 16.9. The van der Waals surface area contributed by atoms with Crippen LogP contribution in [0.5, 0.6) is 0 Å². The van der Waals surface area contributed by atoms with E-state index in [2.05, 4.69) is 0 Å². The molecule has 5 nitrogen and oxygen atoms in total. The van der Waals surface area contributed by atoms with E-state index in [0.29, 0.717) is 0 Å². The molecule has 1 saturated heterocycles. The second-order valence-electron chi connectivity index (χ2n) is 6.28. The Bertz CT molecular complexity index is 575. The monoisotopic (exact) mass is 309 g/mol. The molecule has 1 aromatic rings. The van der Waals surface area contributed by atoms with Crippen molar-refractivity contribution in [1.82, 2.24) is 5.06 Å². The molecule has 1 aliphatic heterocycles. The Balaban J connectivity index is 2.37. The predicted molar refractivity (Wildman–Crippen MR) is 81.2 cm³/mol. The Morgan fingerprint density at radius 1 is 1.23 bits per heavy atom. The Labute approximate surface area is 130 Å². The molecular weight excluding hydrogens is 288 g/mol. The van der Waals surface area contributed by atoms with Gasteiger partial charge in [-0.25, -0.2) is 9.45 Å². The van der Waals surface area contributed by atoms with Crippen LogP contribution in [-0.2, 0) is 14.1 Å². The molecule has 1 fully saturated rings. The lowest BCUT2D eigenvalue weighted by atomic mass is 9.77. The number of halogens is 1. The van der Waals surface area contributed by atoms with Crippen molar-refractivity contribution in [3.05, 3.63) is 29.6 Å². The van der Waals surface area contributed by atoms with Crippen LogP contribution in [0.25, 0.3) is 0 Å². The molecule has 0 unspecified atom stereocenters. The number of rotatable bonds is 3. The highest BCUT2D eigenvalue weighted by atomic mass is 19.1. The van der Waals surface area contributed by atoms with Crippen LogP contribution in [0.2, 0.25) is 0 Å². The molecule has 120 valence electrons. The molecule has 22 heavy (non-hydrogen) atoms. The molecule has 0 spiro atoms. The maximum atomic E-state index is 14.7. The third-order valence-electron chi connectivity index (χ3n) is 4.33. The van der Waals surface area contributed by atoms with E-state index in [0.717, 1.165) is 5.06 Å². The topological polar surface area (TPSA) is 48.0 Å². The zero-order valence-corrected chi connectivity index (χ0v) is 13.8. The number of amides is 1. The Morgan fingerprint density at radius 2 is 1.77 bits per heavy atom. The Kier molecular flexibility index (Phi) is 4.34. The number of benzene rings is 1. The zero-order chi connectivity index (χ0) is 16.7. The van der Waals surface area contributed by atoms with Crippen LogP contribution in [0.3, 0.4) is 0 Å². The van der Waals surface area contributed by atoms with Gasteiger partial charge >= 0.3 is 7.12 Å². The first-order valence-electron chi connectivity index (χ1n) is 7.07. The summed E-state index contributed by atoms with van der Waals surface area (Å²) < 4.78 is 26.4. The van der Waals surface area contributed by atoms with Crippen LogP contribution in [0.1, 0.15) is 38.1 Å². The summed E-state index contributed by atoms with van der Waals surface area (Å²) in [5.41, 5.74) is -1.04. The van der Waals surface area contributed by atoms with Crippen molar-refractivity contribution < 1.29 is 23.3 Å². The van der Waals surface area contributed by atoms with Crippen molar-refractivity contribution in [3.63, 3.8) is 0 Å². The van der Waals surface area contributed by atoms with Gasteiger partial charge in [0.15, 0.2) is 0 Å². The summed E-state index contributed by atoms with van der Waals surface area (Å²) in [5, 5.41) is 0.965. The van der Waals surface area contributed by atoms with E-state index in [9.17, 15) is 9.18 Å². The molecule has 0 aromatic heterocycles. The van der Waals surface area contributed by atoms with E-state index in [4.69, 9.17) is 14.1 Å². The van der Waals surface area contributed by atoms with Gasteiger partial charge in [-0.1, -0.05) is 12.1 Å². The van der Waals surface area contributed by atoms with Crippen molar-refractivity contribution in [1.29, 1.82) is 0 Å². The number of hydrogen-bond acceptors (Lipinski definition) is 4. The number of hydrogen-bond donors (Lipinski definition) is 0. The van der Waals surface area contributed by atoms with Crippen molar-refractivity contribution in [2.45, 2.75) is 38.9 Å². The SMILES string of the molecule is CON(C)C(=O)c1cccc(B2OC(C)(C)C(C)(C)O2)c1F. The first-order chi connectivity index (χ1) is 10.1. The van der Waals surface area contributed by atoms with Gasteiger partial charge in [-0.15, -0.1) is 0 Å². The summed E-state index contributed by atoms with van der Waals surface area (Å²) in [6.07, 6.45) is 0. The summed E-state index contributed by atoms with van der Waals surface area (Å²) in [6.45, 7) is 7.55. The normalized spacial score (nSPS) is 19.3. The van der Waals surface area contributed by atoms with E-state index in [1.165, 1.54) is 20.2 Å². The summed E-state index contributed by atoms with van der Waals surface area (Å²) in [6, 6.07) is 4.56. The van der Waals surface area contributed by atoms with E-state index in [1.807, 2.05) is 27.7 Å². The van der Waals surface area contributed by atoms with Gasteiger partial charge in [0.2, 0.25) is 0 Å². The summed E-state index contributed by atoms with van der Waals surface area (Å²) in [4.78, 5) is 16.9. The van der Waals surface area contributed by atoms with Crippen molar-refractivity contribution in [3.8, 4) is 0 Å². The predicted octanol–water partition coefficient (Wildman–Crippen LogP) is 1.76. The molecule has 0 aliphatic carbocycles. The minimum absolute atomic E-state index is 0.0865. The number of hydroxylamine groups is 2. The highest BCUT2D eigenvalue weighted by Crippen LogP contribution is 2.36. The van der Waals surface area contributed by atoms with Crippen molar-refractivity contribution >= 4 is 18.5 Å². The molecule has 0 bridgehead atoms. The second-order valence-corrected chi connectivity index (χ2v) is 6.28. The number of nitrogens with zero attached hydrogens (tertiary/aromatic N) is 1. The lowest BCUT2D eigenvalue weighted by Gasteiger charge is -2.32. The van der Waals surface area contributed by atoms with E-state index >= 15 is 0 Å². The van der Waals surface area contributed by atoms with Crippen molar-refractivity contribution in [2.75, 3.05) is 14.2 Å². The largest absolute Gasteiger partial charge is 0.497 e. The standard InChI is InChI=1S/C15H21BFNO4/c1-14(2)15(3,4)22-16(21-14)11-9-7-8-10(12(11)17)13(19)18(5)20-6/h7-9H,1-6H3. The van der Waals surface area contributed by atoms with Gasteiger partial charge in [0.05, 0.1) is 23.9 Å². The lowest BCUT2D eigenvalue weighted by Crippen LogP contribution is -2.41. The summed E-state index contributed by atoms with van der Waals surface area (Å²) in [5.74, 6) is -1.23.